The molecule has 0 aliphatic carbocycles. The summed E-state index contributed by atoms with van der Waals surface area (Å²) in [6.07, 6.45) is 0.884. The Balaban J connectivity index is 2.61. The minimum absolute atomic E-state index is 0.0553. The van der Waals surface area contributed by atoms with Gasteiger partial charge in [-0.25, -0.2) is 0 Å². The van der Waals surface area contributed by atoms with Crippen LogP contribution in [-0.4, -0.2) is 16.0 Å². The Hall–Kier alpha value is -0.670. The molecular weight excluding hydrogens is 242 g/mol. The van der Waals surface area contributed by atoms with Crippen molar-refractivity contribution < 1.29 is 4.21 Å². The van der Waals surface area contributed by atoms with Crippen LogP contribution in [0.2, 0.25) is 0 Å². The number of hydrogen-bond acceptors (Lipinski definition) is 2. The zero-order valence-corrected chi connectivity index (χ0v) is 12.7. The number of rotatable bonds is 5. The van der Waals surface area contributed by atoms with Gasteiger partial charge in [0.1, 0.15) is 0 Å². The summed E-state index contributed by atoms with van der Waals surface area (Å²) in [5.41, 5.74) is 8.42. The number of nitrogens with two attached hydrogens (primary N) is 1. The molecule has 0 saturated carbocycles. The van der Waals surface area contributed by atoms with Gasteiger partial charge in [0.2, 0.25) is 0 Å². The van der Waals surface area contributed by atoms with Crippen molar-refractivity contribution in [2.45, 2.75) is 51.3 Å². The van der Waals surface area contributed by atoms with Crippen LogP contribution in [0.3, 0.4) is 0 Å². The molecule has 0 aliphatic rings. The molecule has 0 saturated heterocycles. The van der Waals surface area contributed by atoms with Gasteiger partial charge in [0.25, 0.3) is 0 Å². The van der Waals surface area contributed by atoms with Crippen LogP contribution in [0.15, 0.2) is 24.3 Å². The van der Waals surface area contributed by atoms with Gasteiger partial charge in [-0.2, -0.15) is 0 Å². The molecule has 0 aromatic heterocycles. The topological polar surface area (TPSA) is 43.1 Å². The van der Waals surface area contributed by atoms with Gasteiger partial charge in [0, 0.05) is 28.3 Å². The smallest absolute Gasteiger partial charge is 0.0486 e. The van der Waals surface area contributed by atoms with Crippen molar-refractivity contribution in [1.82, 2.24) is 0 Å². The summed E-state index contributed by atoms with van der Waals surface area (Å²) in [5.74, 6) is 1.20. The second kappa shape index (κ2) is 6.48. The molecule has 2 atom stereocenters. The summed E-state index contributed by atoms with van der Waals surface area (Å²) < 4.78 is 11.9. The monoisotopic (exact) mass is 267 g/mol. The Bertz CT molecular complexity index is 392. The molecule has 0 fully saturated rings. The van der Waals surface area contributed by atoms with E-state index in [1.165, 1.54) is 5.56 Å². The summed E-state index contributed by atoms with van der Waals surface area (Å²) >= 11 is 0. The second-order valence-electron chi connectivity index (χ2n) is 5.87. The normalized spacial score (nSPS) is 15.4. The van der Waals surface area contributed by atoms with Gasteiger partial charge in [-0.3, -0.25) is 4.21 Å². The van der Waals surface area contributed by atoms with Crippen molar-refractivity contribution in [3.8, 4) is 0 Å². The summed E-state index contributed by atoms with van der Waals surface area (Å²) in [7, 11) is -0.854. The zero-order valence-electron chi connectivity index (χ0n) is 11.9. The summed E-state index contributed by atoms with van der Waals surface area (Å²) in [6, 6.07) is 8.48. The minimum Gasteiger partial charge on any atom is -0.327 e. The molecule has 2 N–H and O–H groups in total. The summed E-state index contributed by atoms with van der Waals surface area (Å²) in [4.78, 5) is 0. The van der Waals surface area contributed by atoms with Gasteiger partial charge in [-0.1, -0.05) is 52.0 Å². The molecule has 0 radical (unpaired) electrons. The Labute approximate surface area is 113 Å². The first kappa shape index (κ1) is 15.4. The van der Waals surface area contributed by atoms with Crippen molar-refractivity contribution >= 4 is 10.8 Å². The molecule has 2 unspecified atom stereocenters. The van der Waals surface area contributed by atoms with E-state index in [2.05, 4.69) is 45.0 Å². The maximum Gasteiger partial charge on any atom is 0.0486 e. The molecule has 0 heterocycles. The Morgan fingerprint density at radius 2 is 1.78 bits per heavy atom. The largest absolute Gasteiger partial charge is 0.327 e. The number of benzene rings is 1. The van der Waals surface area contributed by atoms with Gasteiger partial charge in [0.15, 0.2) is 0 Å². The average Bonchev–Trinajstić information content (AvgIpc) is 2.28. The Morgan fingerprint density at radius 1 is 1.22 bits per heavy atom. The van der Waals surface area contributed by atoms with Crippen molar-refractivity contribution in [3.05, 3.63) is 35.4 Å². The first-order chi connectivity index (χ1) is 8.32. The fraction of sp³-hybridized carbons (Fsp3) is 0.600. The van der Waals surface area contributed by atoms with E-state index in [9.17, 15) is 4.21 Å². The zero-order chi connectivity index (χ0) is 13.8. The predicted octanol–water partition coefficient (Wildman–Crippen LogP) is 2.97. The van der Waals surface area contributed by atoms with Crippen LogP contribution in [0.25, 0.3) is 0 Å². The SMILES string of the molecule is CCC(N)CS(=O)Cc1ccc(C(C)(C)C)cc1. The van der Waals surface area contributed by atoms with Crippen LogP contribution >= 0.6 is 0 Å². The predicted molar refractivity (Wildman–Crippen MR) is 80.1 cm³/mol. The van der Waals surface area contributed by atoms with Gasteiger partial charge in [-0.05, 0) is 23.0 Å². The highest BCUT2D eigenvalue weighted by Gasteiger charge is 2.13. The van der Waals surface area contributed by atoms with Crippen molar-refractivity contribution in [2.24, 2.45) is 5.73 Å². The van der Waals surface area contributed by atoms with Gasteiger partial charge < -0.3 is 5.73 Å². The third-order valence-corrected chi connectivity index (χ3v) is 4.53. The molecule has 2 nitrogen and oxygen atoms in total. The average molecular weight is 267 g/mol. The Kier molecular flexibility index (Phi) is 5.54. The lowest BCUT2D eigenvalue weighted by Gasteiger charge is -2.19. The first-order valence-electron chi connectivity index (χ1n) is 6.53. The minimum atomic E-state index is -0.854. The van der Waals surface area contributed by atoms with E-state index >= 15 is 0 Å². The van der Waals surface area contributed by atoms with Crippen molar-refractivity contribution in [3.63, 3.8) is 0 Å². The van der Waals surface area contributed by atoms with E-state index in [1.807, 2.05) is 6.92 Å². The quantitative estimate of drug-likeness (QED) is 0.891. The van der Waals surface area contributed by atoms with E-state index in [0.717, 1.165) is 12.0 Å². The molecule has 0 aliphatic heterocycles. The lowest BCUT2D eigenvalue weighted by molar-refractivity contribution is 0.590. The maximum atomic E-state index is 11.9. The van der Waals surface area contributed by atoms with Crippen LogP contribution in [0.1, 0.15) is 45.2 Å². The van der Waals surface area contributed by atoms with Crippen molar-refractivity contribution in [2.75, 3.05) is 5.75 Å². The van der Waals surface area contributed by atoms with Crippen LogP contribution in [0.5, 0.6) is 0 Å². The molecule has 0 bridgehead atoms. The fourth-order valence-corrected chi connectivity index (χ4v) is 3.10. The molecule has 1 aromatic rings. The first-order valence-corrected chi connectivity index (χ1v) is 8.01. The van der Waals surface area contributed by atoms with Crippen LogP contribution < -0.4 is 5.73 Å². The number of hydrogen-bond donors (Lipinski definition) is 1. The van der Waals surface area contributed by atoms with Crippen LogP contribution in [-0.2, 0) is 22.0 Å². The highest BCUT2D eigenvalue weighted by Crippen LogP contribution is 2.22. The van der Waals surface area contributed by atoms with Gasteiger partial charge in [0.05, 0.1) is 0 Å². The molecule has 18 heavy (non-hydrogen) atoms. The van der Waals surface area contributed by atoms with E-state index in [-0.39, 0.29) is 11.5 Å². The highest BCUT2D eigenvalue weighted by molar-refractivity contribution is 7.84. The molecular formula is C15H25NOS. The maximum absolute atomic E-state index is 11.9. The van der Waals surface area contributed by atoms with E-state index in [1.54, 1.807) is 0 Å². The second-order valence-corrected chi connectivity index (χ2v) is 7.37. The molecule has 0 spiro atoms. The lowest BCUT2D eigenvalue weighted by Crippen LogP contribution is -2.26. The van der Waals surface area contributed by atoms with E-state index in [0.29, 0.717) is 11.5 Å². The van der Waals surface area contributed by atoms with Gasteiger partial charge >= 0.3 is 0 Å². The molecule has 1 aromatic carbocycles. The third kappa shape index (κ3) is 4.91. The Morgan fingerprint density at radius 3 is 2.22 bits per heavy atom. The van der Waals surface area contributed by atoms with E-state index < -0.39 is 10.8 Å². The standard InChI is InChI=1S/C15H25NOS/c1-5-14(16)11-18(17)10-12-6-8-13(9-7-12)15(2,3)4/h6-9,14H,5,10-11,16H2,1-4H3. The molecule has 102 valence electrons. The summed E-state index contributed by atoms with van der Waals surface area (Å²) in [6.45, 7) is 8.61. The van der Waals surface area contributed by atoms with Crippen LogP contribution in [0.4, 0.5) is 0 Å². The lowest BCUT2D eigenvalue weighted by atomic mass is 9.87. The molecule has 3 heteroatoms. The molecule has 0 amide bonds. The molecule has 1 rings (SSSR count). The van der Waals surface area contributed by atoms with Gasteiger partial charge in [-0.15, -0.1) is 0 Å². The van der Waals surface area contributed by atoms with E-state index in [4.69, 9.17) is 5.73 Å². The fourth-order valence-electron chi connectivity index (χ4n) is 1.70. The van der Waals surface area contributed by atoms with Crippen LogP contribution in [0, 0.1) is 0 Å². The third-order valence-electron chi connectivity index (χ3n) is 3.07. The summed E-state index contributed by atoms with van der Waals surface area (Å²) in [5, 5.41) is 0. The highest BCUT2D eigenvalue weighted by atomic mass is 32.2. The van der Waals surface area contributed by atoms with Crippen molar-refractivity contribution in [1.29, 1.82) is 0 Å².